The van der Waals surface area contributed by atoms with Crippen molar-refractivity contribution in [2.45, 2.75) is 19.9 Å². The number of carbonyl (C=O) groups excluding carboxylic acids is 1. The van der Waals surface area contributed by atoms with Gasteiger partial charge in [0, 0.05) is 29.7 Å². The number of carbonyl (C=O) groups is 1. The highest BCUT2D eigenvalue weighted by molar-refractivity contribution is 6.01. The molecule has 1 aromatic carbocycles. The number of benzene rings is 1. The third kappa shape index (κ3) is 2.88. The summed E-state index contributed by atoms with van der Waals surface area (Å²) in [6, 6.07) is 7.62. The number of rotatable bonds is 4. The zero-order chi connectivity index (χ0) is 13.8. The Labute approximate surface area is 112 Å². The van der Waals surface area contributed by atoms with E-state index in [4.69, 9.17) is 5.11 Å². The maximum atomic E-state index is 12.2. The normalized spacial score (nSPS) is 10.9. The van der Waals surface area contributed by atoms with Crippen molar-refractivity contribution in [2.75, 3.05) is 18.5 Å². The second-order valence-corrected chi connectivity index (χ2v) is 4.69. The zero-order valence-electron chi connectivity index (χ0n) is 11.2. The Balaban J connectivity index is 2.18. The van der Waals surface area contributed by atoms with Crippen LogP contribution in [0.15, 0.2) is 30.5 Å². The number of nitrogens with zero attached hydrogens (tertiary/aromatic N) is 1. The van der Waals surface area contributed by atoms with Gasteiger partial charge in [-0.2, -0.15) is 0 Å². The summed E-state index contributed by atoms with van der Waals surface area (Å²) < 4.78 is 0. The van der Waals surface area contributed by atoms with E-state index in [0.717, 1.165) is 16.6 Å². The molecule has 1 aromatic heterocycles. The fourth-order valence-electron chi connectivity index (χ4n) is 2.06. The van der Waals surface area contributed by atoms with Gasteiger partial charge in [0.2, 0.25) is 0 Å². The second-order valence-electron chi connectivity index (χ2n) is 4.69. The molecular weight excluding hydrogens is 242 g/mol. The molecule has 0 bridgehead atoms. The van der Waals surface area contributed by atoms with Crippen LogP contribution in [0.1, 0.15) is 13.8 Å². The topological polar surface area (TPSA) is 68.4 Å². The van der Waals surface area contributed by atoms with E-state index in [0.29, 0.717) is 6.54 Å². The van der Waals surface area contributed by atoms with E-state index in [9.17, 15) is 4.79 Å². The number of H-pyrrole nitrogens is 1. The fraction of sp³-hybridized carbons (Fsp3) is 0.357. The number of aromatic amines is 1. The number of amides is 2. The molecule has 2 amide bonds. The lowest BCUT2D eigenvalue weighted by Gasteiger charge is -2.25. The van der Waals surface area contributed by atoms with Crippen LogP contribution >= 0.6 is 0 Å². The van der Waals surface area contributed by atoms with E-state index in [-0.39, 0.29) is 18.7 Å². The average molecular weight is 261 g/mol. The van der Waals surface area contributed by atoms with Gasteiger partial charge < -0.3 is 20.3 Å². The lowest BCUT2D eigenvalue weighted by atomic mass is 10.2. The molecule has 1 heterocycles. The molecule has 0 aliphatic rings. The predicted molar refractivity (Wildman–Crippen MR) is 76.2 cm³/mol. The zero-order valence-corrected chi connectivity index (χ0v) is 11.2. The van der Waals surface area contributed by atoms with E-state index in [1.165, 1.54) is 0 Å². The van der Waals surface area contributed by atoms with Crippen LogP contribution in [-0.4, -0.2) is 40.2 Å². The van der Waals surface area contributed by atoms with Crippen LogP contribution in [0.25, 0.3) is 10.9 Å². The van der Waals surface area contributed by atoms with Gasteiger partial charge in [-0.1, -0.05) is 18.2 Å². The van der Waals surface area contributed by atoms with E-state index in [1.54, 1.807) is 11.1 Å². The second kappa shape index (κ2) is 5.75. The fourth-order valence-corrected chi connectivity index (χ4v) is 2.06. The summed E-state index contributed by atoms with van der Waals surface area (Å²) in [5.74, 6) is 0. The number of hydrogen-bond donors (Lipinski definition) is 3. The summed E-state index contributed by atoms with van der Waals surface area (Å²) in [6.45, 7) is 4.13. The number of aliphatic hydroxyl groups excluding tert-OH is 1. The van der Waals surface area contributed by atoms with Crippen molar-refractivity contribution in [1.82, 2.24) is 9.88 Å². The SMILES string of the molecule is CC(C)N(CCO)C(=O)Nc1c[nH]c2ccccc12. The van der Waals surface area contributed by atoms with E-state index in [1.807, 2.05) is 38.1 Å². The minimum absolute atomic E-state index is 0.0392. The van der Waals surface area contributed by atoms with Gasteiger partial charge in [0.15, 0.2) is 0 Å². The maximum Gasteiger partial charge on any atom is 0.322 e. The monoisotopic (exact) mass is 261 g/mol. The minimum atomic E-state index is -0.200. The summed E-state index contributed by atoms with van der Waals surface area (Å²) in [5.41, 5.74) is 1.74. The number of nitrogens with one attached hydrogen (secondary N) is 2. The van der Waals surface area contributed by atoms with Crippen molar-refractivity contribution in [2.24, 2.45) is 0 Å². The van der Waals surface area contributed by atoms with Gasteiger partial charge in [-0.3, -0.25) is 0 Å². The molecule has 2 aromatic rings. The van der Waals surface area contributed by atoms with Crippen molar-refractivity contribution in [3.05, 3.63) is 30.5 Å². The van der Waals surface area contributed by atoms with Gasteiger partial charge in [-0.15, -0.1) is 0 Å². The molecule has 0 spiro atoms. The minimum Gasteiger partial charge on any atom is -0.395 e. The predicted octanol–water partition coefficient (Wildman–Crippen LogP) is 2.40. The molecule has 0 aliphatic heterocycles. The largest absolute Gasteiger partial charge is 0.395 e. The number of aromatic nitrogens is 1. The number of anilines is 1. The first-order valence-corrected chi connectivity index (χ1v) is 6.38. The van der Waals surface area contributed by atoms with Gasteiger partial charge in [0.25, 0.3) is 0 Å². The molecule has 0 saturated carbocycles. The van der Waals surface area contributed by atoms with Gasteiger partial charge in [-0.05, 0) is 19.9 Å². The molecule has 0 fully saturated rings. The Bertz CT molecular complexity index is 563. The number of aliphatic hydroxyl groups is 1. The third-order valence-electron chi connectivity index (χ3n) is 3.06. The Kier molecular flexibility index (Phi) is 4.06. The van der Waals surface area contributed by atoms with Crippen LogP contribution in [0.2, 0.25) is 0 Å². The first kappa shape index (κ1) is 13.4. The number of fused-ring (bicyclic) bond motifs is 1. The molecule has 0 atom stereocenters. The summed E-state index contributed by atoms with van der Waals surface area (Å²) >= 11 is 0. The molecule has 5 heteroatoms. The Morgan fingerprint density at radius 1 is 1.42 bits per heavy atom. The van der Waals surface area contributed by atoms with Gasteiger partial charge in [0.1, 0.15) is 0 Å². The Morgan fingerprint density at radius 2 is 2.16 bits per heavy atom. The molecule has 3 N–H and O–H groups in total. The van der Waals surface area contributed by atoms with E-state index >= 15 is 0 Å². The van der Waals surface area contributed by atoms with Crippen molar-refractivity contribution < 1.29 is 9.90 Å². The standard InChI is InChI=1S/C14H19N3O2/c1-10(2)17(7-8-18)14(19)16-13-9-15-12-6-4-3-5-11(12)13/h3-6,9-10,15,18H,7-8H2,1-2H3,(H,16,19). The Morgan fingerprint density at radius 3 is 2.84 bits per heavy atom. The number of para-hydroxylation sites is 1. The van der Waals surface area contributed by atoms with Crippen molar-refractivity contribution >= 4 is 22.6 Å². The van der Waals surface area contributed by atoms with E-state index in [2.05, 4.69) is 10.3 Å². The first-order chi connectivity index (χ1) is 9.13. The lowest BCUT2D eigenvalue weighted by molar-refractivity contribution is 0.172. The first-order valence-electron chi connectivity index (χ1n) is 6.38. The number of hydrogen-bond acceptors (Lipinski definition) is 2. The molecule has 102 valence electrons. The maximum absolute atomic E-state index is 12.2. The molecule has 0 aliphatic carbocycles. The molecule has 2 rings (SSSR count). The van der Waals surface area contributed by atoms with Gasteiger partial charge in [0.05, 0.1) is 12.3 Å². The molecule has 0 radical (unpaired) electrons. The third-order valence-corrected chi connectivity index (χ3v) is 3.06. The summed E-state index contributed by atoms with van der Waals surface area (Å²) in [7, 11) is 0. The molecule has 0 unspecified atom stereocenters. The van der Waals surface area contributed by atoms with Gasteiger partial charge in [-0.25, -0.2) is 4.79 Å². The smallest absolute Gasteiger partial charge is 0.322 e. The quantitative estimate of drug-likeness (QED) is 0.791. The van der Waals surface area contributed by atoms with Crippen LogP contribution in [0.4, 0.5) is 10.5 Å². The molecule has 19 heavy (non-hydrogen) atoms. The Hall–Kier alpha value is -2.01. The molecular formula is C14H19N3O2. The van der Waals surface area contributed by atoms with Crippen LogP contribution in [0.3, 0.4) is 0 Å². The summed E-state index contributed by atoms with van der Waals surface area (Å²) in [5, 5.41) is 12.9. The van der Waals surface area contributed by atoms with Crippen LogP contribution in [0.5, 0.6) is 0 Å². The highest BCUT2D eigenvalue weighted by Gasteiger charge is 2.17. The van der Waals surface area contributed by atoms with Crippen LogP contribution in [0, 0.1) is 0 Å². The summed E-state index contributed by atoms with van der Waals surface area (Å²) in [4.78, 5) is 16.9. The van der Waals surface area contributed by atoms with Crippen LogP contribution < -0.4 is 5.32 Å². The van der Waals surface area contributed by atoms with Crippen LogP contribution in [-0.2, 0) is 0 Å². The average Bonchev–Trinajstić information content (AvgIpc) is 2.79. The molecule has 5 nitrogen and oxygen atoms in total. The van der Waals surface area contributed by atoms with E-state index < -0.39 is 0 Å². The van der Waals surface area contributed by atoms with Crippen molar-refractivity contribution in [1.29, 1.82) is 0 Å². The van der Waals surface area contributed by atoms with Gasteiger partial charge >= 0.3 is 6.03 Å². The van der Waals surface area contributed by atoms with Crippen molar-refractivity contribution in [3.8, 4) is 0 Å². The number of urea groups is 1. The summed E-state index contributed by atoms with van der Waals surface area (Å²) in [6.07, 6.45) is 1.78. The lowest BCUT2D eigenvalue weighted by Crippen LogP contribution is -2.41. The molecule has 0 saturated heterocycles. The highest BCUT2D eigenvalue weighted by atomic mass is 16.3. The van der Waals surface area contributed by atoms with Crippen molar-refractivity contribution in [3.63, 3.8) is 0 Å². The highest BCUT2D eigenvalue weighted by Crippen LogP contribution is 2.22.